The Labute approximate surface area is 54.4 Å². The Hall–Kier alpha value is -1.12. The van der Waals surface area contributed by atoms with Crippen molar-refractivity contribution in [2.24, 2.45) is 0 Å². The molecule has 0 fully saturated rings. The molecule has 0 spiro atoms. The van der Waals surface area contributed by atoms with Gasteiger partial charge in [0.15, 0.2) is 0 Å². The zero-order valence-corrected chi connectivity index (χ0v) is 5.50. The molecule has 3 heteroatoms. The Morgan fingerprint density at radius 2 is 2.33 bits per heavy atom. The summed E-state index contributed by atoms with van der Waals surface area (Å²) in [5, 5.41) is 0. The average Bonchev–Trinajstić information content (AvgIpc) is 1.90. The third-order valence-electron chi connectivity index (χ3n) is 0.904. The minimum atomic E-state index is 0.692. The smallest absolute Gasteiger partial charge is 0.225 e. The second kappa shape index (κ2) is 2.44. The lowest BCUT2D eigenvalue weighted by molar-refractivity contribution is 0.995. The van der Waals surface area contributed by atoms with Crippen LogP contribution in [-0.2, 0) is 0 Å². The Kier molecular flexibility index (Phi) is 1.63. The first-order chi connectivity index (χ1) is 4.30. The van der Waals surface area contributed by atoms with Crippen LogP contribution in [0.2, 0.25) is 0 Å². The number of hydrogen-bond donors (Lipinski definition) is 0. The molecular weight excluding hydrogens is 114 g/mol. The Morgan fingerprint density at radius 1 is 1.56 bits per heavy atom. The van der Waals surface area contributed by atoms with E-state index in [1.54, 1.807) is 12.3 Å². The van der Waals surface area contributed by atoms with Gasteiger partial charge >= 0.3 is 0 Å². The predicted octanol–water partition coefficient (Wildman–Crippen LogP) is 0.343. The van der Waals surface area contributed by atoms with E-state index in [0.717, 1.165) is 0 Å². The maximum atomic E-state index is 3.96. The summed E-state index contributed by atoms with van der Waals surface area (Å²) in [7, 11) is 3.78. The van der Waals surface area contributed by atoms with Crippen molar-refractivity contribution in [1.29, 1.82) is 0 Å². The van der Waals surface area contributed by atoms with E-state index >= 15 is 0 Å². The van der Waals surface area contributed by atoms with E-state index in [4.69, 9.17) is 0 Å². The SMILES string of the molecule is CN(C)c1n[c]ccn1. The molecule has 0 N–H and O–H groups in total. The highest BCUT2D eigenvalue weighted by Crippen LogP contribution is 1.95. The summed E-state index contributed by atoms with van der Waals surface area (Å²) >= 11 is 0. The van der Waals surface area contributed by atoms with Crippen LogP contribution < -0.4 is 4.90 Å². The van der Waals surface area contributed by atoms with Crippen molar-refractivity contribution in [2.45, 2.75) is 0 Å². The molecule has 1 heterocycles. The highest BCUT2D eigenvalue weighted by molar-refractivity contribution is 5.23. The highest BCUT2D eigenvalue weighted by Gasteiger charge is 1.92. The highest BCUT2D eigenvalue weighted by atomic mass is 15.2. The molecule has 0 saturated carbocycles. The molecule has 9 heavy (non-hydrogen) atoms. The summed E-state index contributed by atoms with van der Waals surface area (Å²) < 4.78 is 0. The summed E-state index contributed by atoms with van der Waals surface area (Å²) in [5.74, 6) is 0.692. The van der Waals surface area contributed by atoms with Crippen LogP contribution >= 0.6 is 0 Å². The predicted molar refractivity (Wildman–Crippen MR) is 35.2 cm³/mol. The fraction of sp³-hybridized carbons (Fsp3) is 0.333. The summed E-state index contributed by atoms with van der Waals surface area (Å²) in [5.41, 5.74) is 0. The van der Waals surface area contributed by atoms with E-state index in [0.29, 0.717) is 5.95 Å². The maximum Gasteiger partial charge on any atom is 0.225 e. The van der Waals surface area contributed by atoms with E-state index in [1.165, 1.54) is 0 Å². The van der Waals surface area contributed by atoms with Crippen LogP contribution in [0.5, 0.6) is 0 Å². The minimum absolute atomic E-state index is 0.692. The van der Waals surface area contributed by atoms with Gasteiger partial charge in [0.2, 0.25) is 5.95 Å². The molecule has 0 aliphatic rings. The Balaban J connectivity index is 2.85. The molecule has 1 aromatic heterocycles. The molecule has 0 aliphatic carbocycles. The van der Waals surface area contributed by atoms with Crippen LogP contribution in [0.15, 0.2) is 12.3 Å². The minimum Gasteiger partial charge on any atom is -0.347 e. The Morgan fingerprint density at radius 3 is 2.67 bits per heavy atom. The third kappa shape index (κ3) is 1.38. The molecule has 0 bridgehead atoms. The fourth-order valence-corrected chi connectivity index (χ4v) is 0.477. The summed E-state index contributed by atoms with van der Waals surface area (Å²) in [6, 6.07) is 1.67. The van der Waals surface area contributed by atoms with Gasteiger partial charge in [-0.2, -0.15) is 0 Å². The van der Waals surface area contributed by atoms with Crippen LogP contribution in [0.25, 0.3) is 0 Å². The molecule has 0 atom stereocenters. The molecule has 1 radical (unpaired) electrons. The van der Waals surface area contributed by atoms with Crippen LogP contribution in [-0.4, -0.2) is 24.1 Å². The van der Waals surface area contributed by atoms with Crippen LogP contribution in [0.1, 0.15) is 0 Å². The number of nitrogens with zero attached hydrogens (tertiary/aromatic N) is 3. The summed E-state index contributed by atoms with van der Waals surface area (Å²) in [4.78, 5) is 9.66. The quantitative estimate of drug-likeness (QED) is 0.538. The van der Waals surface area contributed by atoms with Gasteiger partial charge in [-0.3, -0.25) is 0 Å². The molecule has 0 unspecified atom stereocenters. The van der Waals surface area contributed by atoms with Crippen molar-refractivity contribution < 1.29 is 0 Å². The van der Waals surface area contributed by atoms with Gasteiger partial charge in [-0.1, -0.05) is 0 Å². The fourth-order valence-electron chi connectivity index (χ4n) is 0.477. The van der Waals surface area contributed by atoms with E-state index < -0.39 is 0 Å². The number of aromatic nitrogens is 2. The summed E-state index contributed by atoms with van der Waals surface area (Å²) in [6.07, 6.45) is 4.36. The number of anilines is 1. The summed E-state index contributed by atoms with van der Waals surface area (Å²) in [6.45, 7) is 0. The van der Waals surface area contributed by atoms with Crippen LogP contribution in [0, 0.1) is 6.20 Å². The molecule has 1 rings (SSSR count). The molecule has 0 aromatic carbocycles. The average molecular weight is 122 g/mol. The van der Waals surface area contributed by atoms with Crippen molar-refractivity contribution in [1.82, 2.24) is 9.97 Å². The zero-order chi connectivity index (χ0) is 6.69. The lowest BCUT2D eigenvalue weighted by Gasteiger charge is -2.06. The maximum absolute atomic E-state index is 3.96. The topological polar surface area (TPSA) is 29.0 Å². The lowest BCUT2D eigenvalue weighted by atomic mass is 10.7. The standard InChI is InChI=1S/C6H8N3/c1-9(2)6-7-4-3-5-8-6/h3-4H,1-2H3. The lowest BCUT2D eigenvalue weighted by Crippen LogP contribution is -2.11. The first-order valence-corrected chi connectivity index (χ1v) is 2.67. The molecule has 0 amide bonds. The van der Waals surface area contributed by atoms with E-state index in [9.17, 15) is 0 Å². The van der Waals surface area contributed by atoms with Gasteiger partial charge in [0, 0.05) is 20.3 Å². The molecule has 3 nitrogen and oxygen atoms in total. The van der Waals surface area contributed by atoms with E-state index in [1.807, 2.05) is 19.0 Å². The zero-order valence-electron chi connectivity index (χ0n) is 5.50. The monoisotopic (exact) mass is 122 g/mol. The van der Waals surface area contributed by atoms with Crippen LogP contribution in [0.3, 0.4) is 0 Å². The van der Waals surface area contributed by atoms with Gasteiger partial charge < -0.3 is 4.90 Å². The number of hydrogen-bond acceptors (Lipinski definition) is 3. The second-order valence-corrected chi connectivity index (χ2v) is 1.88. The molecule has 0 saturated heterocycles. The van der Waals surface area contributed by atoms with E-state index in [2.05, 4.69) is 16.2 Å². The molecular formula is C6H8N3. The Bertz CT molecular complexity index is 171. The third-order valence-corrected chi connectivity index (χ3v) is 0.904. The van der Waals surface area contributed by atoms with Crippen molar-refractivity contribution in [3.8, 4) is 0 Å². The molecule has 1 aromatic rings. The van der Waals surface area contributed by atoms with Gasteiger partial charge in [-0.25, -0.2) is 9.97 Å². The van der Waals surface area contributed by atoms with Gasteiger partial charge in [-0.15, -0.1) is 0 Å². The largest absolute Gasteiger partial charge is 0.347 e. The van der Waals surface area contributed by atoms with Crippen molar-refractivity contribution >= 4 is 5.95 Å². The van der Waals surface area contributed by atoms with Crippen molar-refractivity contribution in [3.63, 3.8) is 0 Å². The second-order valence-electron chi connectivity index (χ2n) is 1.88. The van der Waals surface area contributed by atoms with Crippen molar-refractivity contribution in [2.75, 3.05) is 19.0 Å². The van der Waals surface area contributed by atoms with Gasteiger partial charge in [-0.05, 0) is 6.07 Å². The first kappa shape index (κ1) is 6.01. The van der Waals surface area contributed by atoms with Gasteiger partial charge in [0.05, 0.1) is 6.20 Å². The first-order valence-electron chi connectivity index (χ1n) is 2.67. The van der Waals surface area contributed by atoms with Crippen molar-refractivity contribution in [3.05, 3.63) is 18.5 Å². The number of rotatable bonds is 1. The van der Waals surface area contributed by atoms with Gasteiger partial charge in [0.25, 0.3) is 0 Å². The van der Waals surface area contributed by atoms with Gasteiger partial charge in [0.1, 0.15) is 0 Å². The van der Waals surface area contributed by atoms with Crippen LogP contribution in [0.4, 0.5) is 5.95 Å². The normalized spacial score (nSPS) is 9.11. The van der Waals surface area contributed by atoms with E-state index in [-0.39, 0.29) is 0 Å². The molecule has 0 aliphatic heterocycles. The molecule has 47 valence electrons.